The summed E-state index contributed by atoms with van der Waals surface area (Å²) in [6.07, 6.45) is 0. The van der Waals surface area contributed by atoms with Gasteiger partial charge in [-0.1, -0.05) is 57.8 Å². The highest BCUT2D eigenvalue weighted by atomic mass is 79.9. The number of ether oxygens (including phenoxy) is 2. The van der Waals surface area contributed by atoms with Crippen LogP contribution in [0.4, 0.5) is 0 Å². The van der Waals surface area contributed by atoms with Gasteiger partial charge in [0.05, 0.1) is 7.11 Å². The summed E-state index contributed by atoms with van der Waals surface area (Å²) < 4.78 is 11.9. The van der Waals surface area contributed by atoms with E-state index in [0.717, 1.165) is 8.95 Å². The highest BCUT2D eigenvalue weighted by molar-refractivity contribution is 9.10. The van der Waals surface area contributed by atoms with Crippen LogP contribution >= 0.6 is 31.9 Å². The first-order valence-corrected chi connectivity index (χ1v) is 10.7. The van der Waals surface area contributed by atoms with Crippen LogP contribution < -0.4 is 4.74 Å². The van der Waals surface area contributed by atoms with E-state index < -0.39 is 29.7 Å². The fourth-order valence-electron chi connectivity index (χ4n) is 3.83. The Morgan fingerprint density at radius 1 is 1.03 bits per heavy atom. The zero-order valence-electron chi connectivity index (χ0n) is 16.1. The summed E-state index contributed by atoms with van der Waals surface area (Å²) in [4.78, 5) is 38.8. The molecule has 1 heterocycles. The molecule has 0 spiro atoms. The highest BCUT2D eigenvalue weighted by Crippen LogP contribution is 2.47. The molecule has 0 aliphatic carbocycles. The molecule has 0 saturated heterocycles. The first kappa shape index (κ1) is 21.7. The number of carbonyl (C=O) groups excluding carboxylic acids is 3. The van der Waals surface area contributed by atoms with Gasteiger partial charge in [0.25, 0.3) is 0 Å². The molecule has 0 bridgehead atoms. The zero-order chi connectivity index (χ0) is 21.3. The van der Waals surface area contributed by atoms with E-state index in [1.807, 2.05) is 13.8 Å². The van der Waals surface area contributed by atoms with E-state index in [-0.39, 0.29) is 11.7 Å². The average Bonchev–Trinajstić information content (AvgIpc) is 2.68. The van der Waals surface area contributed by atoms with Gasteiger partial charge in [0.2, 0.25) is 0 Å². The number of hydrogen-bond acceptors (Lipinski definition) is 5. The van der Waals surface area contributed by atoms with Crippen molar-refractivity contribution in [2.45, 2.75) is 19.8 Å². The molecule has 2 aromatic rings. The van der Waals surface area contributed by atoms with E-state index in [4.69, 9.17) is 9.47 Å². The van der Waals surface area contributed by atoms with E-state index in [0.29, 0.717) is 16.9 Å². The third-order valence-electron chi connectivity index (χ3n) is 5.15. The summed E-state index contributed by atoms with van der Waals surface area (Å²) in [6, 6.07) is 12.3. The predicted molar refractivity (Wildman–Crippen MR) is 115 cm³/mol. The van der Waals surface area contributed by atoms with Crippen molar-refractivity contribution in [1.82, 2.24) is 0 Å². The molecule has 1 aliphatic heterocycles. The quantitative estimate of drug-likeness (QED) is 0.234. The van der Waals surface area contributed by atoms with Gasteiger partial charge in [-0.25, -0.2) is 0 Å². The molecule has 7 heteroatoms. The van der Waals surface area contributed by atoms with Crippen molar-refractivity contribution in [3.8, 4) is 5.75 Å². The Morgan fingerprint density at radius 2 is 1.66 bits per heavy atom. The smallest absolute Gasteiger partial charge is 0.326 e. The maximum absolute atomic E-state index is 13.5. The number of Topliss-reactive ketones (excluding diaryl/α,β-unsaturated/α-hetero) is 1. The zero-order valence-corrected chi connectivity index (χ0v) is 19.3. The standard InChI is InChI=1S/C22H20Br2O5/c1-11(2)17(20(25)12-4-6-13(23)7-5-12)18-15-10-14(24)8-9-16(15)29-22(27)19(18)21(26)28-3/h4-11,17-19H,1-3H3/t17-,18-,19-/m1/s1. The second kappa shape index (κ2) is 8.79. The van der Waals surface area contributed by atoms with Crippen LogP contribution in [0.3, 0.4) is 0 Å². The molecular weight excluding hydrogens is 504 g/mol. The molecule has 29 heavy (non-hydrogen) atoms. The van der Waals surface area contributed by atoms with Gasteiger partial charge in [-0.15, -0.1) is 0 Å². The van der Waals surface area contributed by atoms with Crippen molar-refractivity contribution >= 4 is 49.6 Å². The number of rotatable bonds is 5. The van der Waals surface area contributed by atoms with Crippen molar-refractivity contribution in [2.24, 2.45) is 17.8 Å². The van der Waals surface area contributed by atoms with E-state index in [9.17, 15) is 14.4 Å². The minimum atomic E-state index is -1.21. The first-order chi connectivity index (χ1) is 13.7. The van der Waals surface area contributed by atoms with Gasteiger partial charge < -0.3 is 9.47 Å². The normalized spacial score (nSPS) is 19.3. The number of carbonyl (C=O) groups is 3. The Hall–Kier alpha value is -1.99. The summed E-state index contributed by atoms with van der Waals surface area (Å²) in [5.74, 6) is -3.86. The molecule has 0 aromatic heterocycles. The van der Waals surface area contributed by atoms with Gasteiger partial charge in [-0.3, -0.25) is 14.4 Å². The van der Waals surface area contributed by atoms with Crippen LogP contribution in [0.5, 0.6) is 5.75 Å². The van der Waals surface area contributed by atoms with Crippen molar-refractivity contribution < 1.29 is 23.9 Å². The summed E-state index contributed by atoms with van der Waals surface area (Å²) in [5, 5.41) is 0. The lowest BCUT2D eigenvalue weighted by atomic mass is 9.68. The second-order valence-electron chi connectivity index (χ2n) is 7.27. The van der Waals surface area contributed by atoms with Gasteiger partial charge >= 0.3 is 11.9 Å². The van der Waals surface area contributed by atoms with Crippen molar-refractivity contribution in [3.63, 3.8) is 0 Å². The molecule has 0 fully saturated rings. The van der Waals surface area contributed by atoms with Crippen LogP contribution in [0.15, 0.2) is 51.4 Å². The van der Waals surface area contributed by atoms with Gasteiger partial charge in [-0.2, -0.15) is 0 Å². The largest absolute Gasteiger partial charge is 0.468 e. The molecule has 0 radical (unpaired) electrons. The fourth-order valence-corrected chi connectivity index (χ4v) is 4.47. The Morgan fingerprint density at radius 3 is 2.24 bits per heavy atom. The Kier molecular flexibility index (Phi) is 6.58. The number of esters is 2. The summed E-state index contributed by atoms with van der Waals surface area (Å²) in [7, 11) is 1.23. The Bertz CT molecular complexity index is 952. The number of benzene rings is 2. The number of methoxy groups -OCH3 is 1. The molecule has 0 unspecified atom stereocenters. The van der Waals surface area contributed by atoms with Crippen LogP contribution in [0.25, 0.3) is 0 Å². The lowest BCUT2D eigenvalue weighted by molar-refractivity contribution is -0.158. The maximum Gasteiger partial charge on any atom is 0.326 e. The number of ketones is 1. The summed E-state index contributed by atoms with van der Waals surface area (Å²) in [5.41, 5.74) is 1.16. The molecule has 1 aliphatic rings. The van der Waals surface area contributed by atoms with E-state index in [1.165, 1.54) is 7.11 Å². The van der Waals surface area contributed by atoms with Crippen LogP contribution in [0.2, 0.25) is 0 Å². The number of fused-ring (bicyclic) bond motifs is 1. The van der Waals surface area contributed by atoms with Crippen LogP contribution in [-0.4, -0.2) is 24.8 Å². The van der Waals surface area contributed by atoms with E-state index >= 15 is 0 Å². The maximum atomic E-state index is 13.5. The van der Waals surface area contributed by atoms with Gasteiger partial charge in [0, 0.05) is 31.9 Å². The second-order valence-corrected chi connectivity index (χ2v) is 9.10. The lowest BCUT2D eigenvalue weighted by Gasteiger charge is -2.37. The van der Waals surface area contributed by atoms with Gasteiger partial charge in [-0.05, 0) is 36.2 Å². The SMILES string of the molecule is COC(=O)[C@@H]1C(=O)Oc2ccc(Br)cc2[C@@H]1[C@H](C(=O)c1ccc(Br)cc1)C(C)C. The summed E-state index contributed by atoms with van der Waals surface area (Å²) >= 11 is 6.81. The predicted octanol–water partition coefficient (Wildman–Crippen LogP) is 5.16. The van der Waals surface area contributed by atoms with Crippen LogP contribution in [0.1, 0.15) is 35.7 Å². The average molecular weight is 524 g/mol. The van der Waals surface area contributed by atoms with Gasteiger partial charge in [0.1, 0.15) is 5.75 Å². The molecule has 152 valence electrons. The van der Waals surface area contributed by atoms with E-state index in [2.05, 4.69) is 31.9 Å². The Labute approximate surface area is 186 Å². The Balaban J connectivity index is 2.18. The molecule has 0 amide bonds. The molecule has 3 rings (SSSR count). The molecule has 5 nitrogen and oxygen atoms in total. The fraction of sp³-hybridized carbons (Fsp3) is 0.318. The van der Waals surface area contributed by atoms with Crippen molar-refractivity contribution in [1.29, 1.82) is 0 Å². The minimum Gasteiger partial charge on any atom is -0.468 e. The minimum absolute atomic E-state index is 0.132. The molecule has 0 saturated carbocycles. The third-order valence-corrected chi connectivity index (χ3v) is 6.17. The molecular formula is C22H20Br2O5. The van der Waals surface area contributed by atoms with Crippen molar-refractivity contribution in [3.05, 3.63) is 62.5 Å². The highest BCUT2D eigenvalue weighted by Gasteiger charge is 2.49. The van der Waals surface area contributed by atoms with E-state index in [1.54, 1.807) is 42.5 Å². The topological polar surface area (TPSA) is 69.7 Å². The molecule has 0 N–H and O–H groups in total. The first-order valence-electron chi connectivity index (χ1n) is 9.13. The molecule has 3 atom stereocenters. The number of halogens is 2. The van der Waals surface area contributed by atoms with Crippen molar-refractivity contribution in [2.75, 3.05) is 7.11 Å². The number of hydrogen-bond donors (Lipinski definition) is 0. The lowest BCUT2D eigenvalue weighted by Crippen LogP contribution is -2.44. The summed E-state index contributed by atoms with van der Waals surface area (Å²) in [6.45, 7) is 3.82. The molecule has 2 aromatic carbocycles. The van der Waals surface area contributed by atoms with Gasteiger partial charge in [0.15, 0.2) is 11.7 Å². The van der Waals surface area contributed by atoms with Crippen LogP contribution in [-0.2, 0) is 14.3 Å². The third kappa shape index (κ3) is 4.31. The monoisotopic (exact) mass is 522 g/mol. The van der Waals surface area contributed by atoms with Crippen LogP contribution in [0, 0.1) is 17.8 Å².